The van der Waals surface area contributed by atoms with Gasteiger partial charge in [0.2, 0.25) is 10.0 Å². The molecule has 0 spiro atoms. The maximum atomic E-state index is 13.7. The Hall–Kier alpha value is -3.23. The molecule has 0 amide bonds. The molecule has 172 valence electrons. The first-order valence-electron chi connectivity index (χ1n) is 10.9. The lowest BCUT2D eigenvalue weighted by Gasteiger charge is -2.18. The smallest absolute Gasteiger partial charge is 0.303 e. The first kappa shape index (κ1) is 22.9. The van der Waals surface area contributed by atoms with Gasteiger partial charge in [0, 0.05) is 48.6 Å². The van der Waals surface area contributed by atoms with E-state index in [9.17, 15) is 18.3 Å². The summed E-state index contributed by atoms with van der Waals surface area (Å²) >= 11 is 0. The maximum Gasteiger partial charge on any atom is 0.303 e. The minimum atomic E-state index is -3.78. The minimum absolute atomic E-state index is 0.0502. The van der Waals surface area contributed by atoms with Crippen LogP contribution in [0.4, 0.5) is 0 Å². The van der Waals surface area contributed by atoms with Gasteiger partial charge in [0.1, 0.15) is 5.75 Å². The van der Waals surface area contributed by atoms with Crippen LogP contribution in [0.3, 0.4) is 0 Å². The number of pyridine rings is 1. The largest absolute Gasteiger partial charge is 0.508 e. The summed E-state index contributed by atoms with van der Waals surface area (Å²) < 4.78 is 28.8. The number of phenolic OH excluding ortho intramolecular Hbond substituents is 1. The minimum Gasteiger partial charge on any atom is -0.508 e. The first-order valence-corrected chi connectivity index (χ1v) is 12.3. The average Bonchev–Trinajstić information content (AvgIpc) is 3.23. The molecule has 2 atom stereocenters. The Balaban J connectivity index is 1.64. The lowest BCUT2D eigenvalue weighted by atomic mass is 9.86. The number of carbonyl (C=O) groups is 1. The molecule has 2 N–H and O–H groups in total. The van der Waals surface area contributed by atoms with Crippen molar-refractivity contribution in [3.05, 3.63) is 78.6 Å². The summed E-state index contributed by atoms with van der Waals surface area (Å²) in [6.45, 7) is 0.571. The molecule has 0 aliphatic carbocycles. The highest BCUT2D eigenvalue weighted by Crippen LogP contribution is 2.41. The van der Waals surface area contributed by atoms with Crippen molar-refractivity contribution in [3.63, 3.8) is 0 Å². The third kappa shape index (κ3) is 4.91. The summed E-state index contributed by atoms with van der Waals surface area (Å²) in [5, 5.41) is 20.6. The van der Waals surface area contributed by atoms with Gasteiger partial charge in [0.15, 0.2) is 0 Å². The predicted molar refractivity (Wildman–Crippen MR) is 125 cm³/mol. The van der Waals surface area contributed by atoms with Gasteiger partial charge in [0.25, 0.3) is 0 Å². The van der Waals surface area contributed by atoms with Crippen LogP contribution in [-0.2, 0) is 14.8 Å². The van der Waals surface area contributed by atoms with Gasteiger partial charge >= 0.3 is 5.97 Å². The number of rotatable bonds is 8. The van der Waals surface area contributed by atoms with Crippen molar-refractivity contribution in [2.24, 2.45) is 5.92 Å². The van der Waals surface area contributed by atoms with Crippen molar-refractivity contribution in [2.75, 3.05) is 13.1 Å². The molecule has 8 heteroatoms. The maximum absolute atomic E-state index is 13.7. The van der Waals surface area contributed by atoms with E-state index in [-0.39, 0.29) is 35.4 Å². The van der Waals surface area contributed by atoms with Crippen LogP contribution in [0.2, 0.25) is 0 Å². The molecule has 2 heterocycles. The van der Waals surface area contributed by atoms with Crippen LogP contribution in [0.25, 0.3) is 10.8 Å². The number of para-hydroxylation sites is 1. The molecular formula is C25H26N2O5S. The Labute approximate surface area is 193 Å². The van der Waals surface area contributed by atoms with E-state index in [1.165, 1.54) is 4.31 Å². The van der Waals surface area contributed by atoms with Crippen LogP contribution in [0.1, 0.15) is 30.7 Å². The van der Waals surface area contributed by atoms with Crippen molar-refractivity contribution < 1.29 is 23.4 Å². The second kappa shape index (κ2) is 9.72. The number of aromatic nitrogens is 1. The molecule has 7 nitrogen and oxygen atoms in total. The lowest BCUT2D eigenvalue weighted by molar-refractivity contribution is -0.136. The topological polar surface area (TPSA) is 108 Å². The first-order chi connectivity index (χ1) is 15.9. The number of aromatic hydroxyl groups is 1. The molecule has 0 radical (unpaired) electrons. The van der Waals surface area contributed by atoms with E-state index in [4.69, 9.17) is 5.11 Å². The second-order valence-electron chi connectivity index (χ2n) is 8.24. The fourth-order valence-electron chi connectivity index (χ4n) is 4.47. The molecule has 0 saturated carbocycles. The monoisotopic (exact) mass is 466 g/mol. The number of benzene rings is 2. The van der Waals surface area contributed by atoms with Crippen molar-refractivity contribution in [2.45, 2.75) is 30.1 Å². The SMILES string of the molecule is O=C(O)CCC=CC[C@H]1CN(S(=O)(=O)c2cccc3cnccc23)C[C@H]1c1ccccc1O. The summed E-state index contributed by atoms with van der Waals surface area (Å²) in [6, 6.07) is 13.9. The van der Waals surface area contributed by atoms with Gasteiger partial charge in [-0.05, 0) is 42.5 Å². The number of hydrogen-bond acceptors (Lipinski definition) is 5. The van der Waals surface area contributed by atoms with Crippen LogP contribution >= 0.6 is 0 Å². The summed E-state index contributed by atoms with van der Waals surface area (Å²) in [4.78, 5) is 15.1. The van der Waals surface area contributed by atoms with Crippen LogP contribution in [-0.4, -0.2) is 47.0 Å². The van der Waals surface area contributed by atoms with Gasteiger partial charge in [-0.25, -0.2) is 8.42 Å². The zero-order valence-corrected chi connectivity index (χ0v) is 18.9. The van der Waals surface area contributed by atoms with Gasteiger partial charge in [0.05, 0.1) is 4.90 Å². The lowest BCUT2D eigenvalue weighted by Crippen LogP contribution is -2.29. The Bertz CT molecular complexity index is 1280. The molecule has 0 unspecified atom stereocenters. The number of phenols is 1. The van der Waals surface area contributed by atoms with E-state index in [0.29, 0.717) is 24.8 Å². The summed E-state index contributed by atoms with van der Waals surface area (Å²) in [7, 11) is -3.78. The second-order valence-corrected chi connectivity index (χ2v) is 10.1. The van der Waals surface area contributed by atoms with Crippen LogP contribution in [0.15, 0.2) is 78.0 Å². The van der Waals surface area contributed by atoms with Gasteiger partial charge in [-0.2, -0.15) is 4.31 Å². The van der Waals surface area contributed by atoms with Crippen molar-refractivity contribution in [1.82, 2.24) is 9.29 Å². The summed E-state index contributed by atoms with van der Waals surface area (Å²) in [6.07, 6.45) is 8.04. The van der Waals surface area contributed by atoms with Crippen molar-refractivity contribution >= 4 is 26.8 Å². The highest BCUT2D eigenvalue weighted by Gasteiger charge is 2.40. The fourth-order valence-corrected chi connectivity index (χ4v) is 6.21. The summed E-state index contributed by atoms with van der Waals surface area (Å²) in [5.74, 6) is -0.930. The summed E-state index contributed by atoms with van der Waals surface area (Å²) in [5.41, 5.74) is 0.723. The molecule has 1 aromatic heterocycles. The highest BCUT2D eigenvalue weighted by atomic mass is 32.2. The van der Waals surface area contributed by atoms with E-state index in [1.807, 2.05) is 30.4 Å². The van der Waals surface area contributed by atoms with Crippen molar-refractivity contribution in [1.29, 1.82) is 0 Å². The number of fused-ring (bicyclic) bond motifs is 1. The number of aliphatic carboxylic acids is 1. The Morgan fingerprint density at radius 2 is 1.91 bits per heavy atom. The Morgan fingerprint density at radius 1 is 1.09 bits per heavy atom. The molecule has 0 bridgehead atoms. The molecule has 1 saturated heterocycles. The van der Waals surface area contributed by atoms with Crippen molar-refractivity contribution in [3.8, 4) is 5.75 Å². The van der Waals surface area contributed by atoms with E-state index in [0.717, 1.165) is 10.9 Å². The molecule has 3 aromatic rings. The number of allylic oxidation sites excluding steroid dienone is 2. The number of hydrogen-bond donors (Lipinski definition) is 2. The van der Waals surface area contributed by atoms with E-state index in [2.05, 4.69) is 4.98 Å². The van der Waals surface area contributed by atoms with Gasteiger partial charge < -0.3 is 10.2 Å². The van der Waals surface area contributed by atoms with E-state index in [1.54, 1.807) is 42.7 Å². The highest BCUT2D eigenvalue weighted by molar-refractivity contribution is 7.89. The molecule has 1 aliphatic heterocycles. The van der Waals surface area contributed by atoms with Gasteiger partial charge in [-0.15, -0.1) is 0 Å². The number of carboxylic acid groups (broad SMARTS) is 1. The van der Waals surface area contributed by atoms with E-state index < -0.39 is 16.0 Å². The molecule has 1 aliphatic rings. The van der Waals surface area contributed by atoms with E-state index >= 15 is 0 Å². The van der Waals surface area contributed by atoms with Crippen LogP contribution in [0, 0.1) is 5.92 Å². The van der Waals surface area contributed by atoms with Crippen LogP contribution in [0.5, 0.6) is 5.75 Å². The molecule has 33 heavy (non-hydrogen) atoms. The molecule has 4 rings (SSSR count). The zero-order valence-electron chi connectivity index (χ0n) is 18.0. The number of nitrogens with zero attached hydrogens (tertiary/aromatic N) is 2. The molecule has 2 aromatic carbocycles. The number of sulfonamides is 1. The predicted octanol–water partition coefficient (Wildman–Crippen LogP) is 4.16. The average molecular weight is 467 g/mol. The molecular weight excluding hydrogens is 440 g/mol. The standard InChI is InChI=1S/C25H26N2O5S/c28-23-10-5-4-9-21(23)22-17-27(16-19(22)7-2-1-3-12-25(29)30)33(31,32)24-11-6-8-18-15-26-14-13-20(18)24/h1-2,4-6,8-11,13-15,19,22,28H,3,7,12,16-17H2,(H,29,30)/t19-,22+/m0/s1. The normalized spacial score (nSPS) is 19.4. The quantitative estimate of drug-likeness (QED) is 0.483. The zero-order chi connectivity index (χ0) is 23.4. The fraction of sp³-hybridized carbons (Fsp3) is 0.280. The van der Waals surface area contributed by atoms with Gasteiger partial charge in [-0.3, -0.25) is 9.78 Å². The number of carboxylic acids is 1. The Morgan fingerprint density at radius 3 is 2.70 bits per heavy atom. The third-order valence-corrected chi connectivity index (χ3v) is 8.02. The third-order valence-electron chi connectivity index (χ3n) is 6.13. The van der Waals surface area contributed by atoms with Crippen LogP contribution < -0.4 is 0 Å². The van der Waals surface area contributed by atoms with Gasteiger partial charge in [-0.1, -0.05) is 42.5 Å². The Kier molecular flexibility index (Phi) is 6.76. The molecule has 1 fully saturated rings.